The molecule has 0 radical (unpaired) electrons. The molecule has 15 heavy (non-hydrogen) atoms. The van der Waals surface area contributed by atoms with Crippen molar-refractivity contribution in [2.45, 2.75) is 0 Å². The van der Waals surface area contributed by atoms with Gasteiger partial charge in [-0.25, -0.2) is 4.79 Å². The molecular weight excluding hydrogens is 260 g/mol. The van der Waals surface area contributed by atoms with Gasteiger partial charge in [-0.2, -0.15) is 0 Å². The zero-order valence-electron chi connectivity index (χ0n) is 9.96. The summed E-state index contributed by atoms with van der Waals surface area (Å²) in [4.78, 5) is 10.8. The molecule has 0 atom stereocenters. The van der Waals surface area contributed by atoms with Crippen molar-refractivity contribution in [3.63, 3.8) is 0 Å². The predicted octanol–water partition coefficient (Wildman–Crippen LogP) is 2.38. The van der Waals surface area contributed by atoms with Gasteiger partial charge in [0.2, 0.25) is 0 Å². The topological polar surface area (TPSA) is 37.3 Å². The van der Waals surface area contributed by atoms with E-state index in [1.165, 1.54) is 0 Å². The van der Waals surface area contributed by atoms with Gasteiger partial charge in [-0.05, 0) is 16.8 Å². The number of aromatic carboxylic acids is 1. The van der Waals surface area contributed by atoms with Gasteiger partial charge in [-0.3, -0.25) is 0 Å². The standard InChI is InChI=1S/C11H8O2.Ca.Fe.2H/c12-11(13)10-7-3-5-8-4-1-2-6-9(8)10;;;;/h1-7H,(H,12,13);;;;/q;+2;;2*-1. The number of carboxylic acids is 1. The van der Waals surface area contributed by atoms with Gasteiger partial charge in [0.1, 0.15) is 0 Å². The van der Waals surface area contributed by atoms with Crippen LogP contribution in [0.1, 0.15) is 13.2 Å². The Morgan fingerprint density at radius 3 is 2.33 bits per heavy atom. The third kappa shape index (κ3) is 3.20. The monoisotopic (exact) mass is 270 g/mol. The fraction of sp³-hybridized carbons (Fsp3) is 0. The van der Waals surface area contributed by atoms with Gasteiger partial charge in [-0.15, -0.1) is 0 Å². The summed E-state index contributed by atoms with van der Waals surface area (Å²) >= 11 is 0. The van der Waals surface area contributed by atoms with Crippen molar-refractivity contribution in [3.8, 4) is 0 Å². The Kier molecular flexibility index (Phi) is 6.49. The Balaban J connectivity index is -0.000000490. The molecule has 1 N–H and O–H groups in total. The molecule has 0 saturated heterocycles. The number of hydrogen-bond donors (Lipinski definition) is 1. The van der Waals surface area contributed by atoms with E-state index >= 15 is 0 Å². The maximum Gasteiger partial charge on any atom is 2.00 e. The molecule has 0 spiro atoms. The van der Waals surface area contributed by atoms with Gasteiger partial charge in [-0.1, -0.05) is 36.4 Å². The number of benzene rings is 2. The molecule has 0 aliphatic rings. The largest absolute Gasteiger partial charge is 2.00 e. The van der Waals surface area contributed by atoms with Gasteiger partial charge in [0.15, 0.2) is 0 Å². The van der Waals surface area contributed by atoms with Gasteiger partial charge < -0.3 is 7.96 Å². The van der Waals surface area contributed by atoms with Crippen LogP contribution in [-0.2, 0) is 17.1 Å². The Morgan fingerprint density at radius 2 is 1.67 bits per heavy atom. The minimum absolute atomic E-state index is 0. The quantitative estimate of drug-likeness (QED) is 0.808. The van der Waals surface area contributed by atoms with Crippen LogP contribution in [0.4, 0.5) is 0 Å². The first kappa shape index (κ1) is 14.9. The third-order valence-electron chi connectivity index (χ3n) is 2.02. The summed E-state index contributed by atoms with van der Waals surface area (Å²) in [6, 6.07) is 12.7. The van der Waals surface area contributed by atoms with Crippen LogP contribution in [0.15, 0.2) is 42.5 Å². The molecule has 0 unspecified atom stereocenters. The summed E-state index contributed by atoms with van der Waals surface area (Å²) in [5, 5.41) is 10.6. The van der Waals surface area contributed by atoms with Crippen LogP contribution in [0, 0.1) is 0 Å². The van der Waals surface area contributed by atoms with E-state index in [1.807, 2.05) is 30.3 Å². The Labute approximate surface area is 131 Å². The van der Waals surface area contributed by atoms with Gasteiger partial charge in [0.25, 0.3) is 0 Å². The number of hydrogen-bond acceptors (Lipinski definition) is 1. The summed E-state index contributed by atoms with van der Waals surface area (Å²) in [5.74, 6) is -0.878. The number of rotatable bonds is 1. The molecule has 2 aromatic carbocycles. The van der Waals surface area contributed by atoms with Crippen LogP contribution >= 0.6 is 0 Å². The fourth-order valence-electron chi connectivity index (χ4n) is 1.41. The molecule has 0 bridgehead atoms. The normalized spacial score (nSPS) is 8.80. The van der Waals surface area contributed by atoms with Crippen molar-refractivity contribution >= 4 is 54.5 Å². The molecule has 2 rings (SSSR count). The first-order chi connectivity index (χ1) is 6.29. The maximum atomic E-state index is 10.8. The molecule has 0 aliphatic heterocycles. The number of carboxylic acid groups (broad SMARTS) is 1. The van der Waals surface area contributed by atoms with E-state index in [1.54, 1.807) is 12.1 Å². The first-order valence-corrected chi connectivity index (χ1v) is 4.00. The molecule has 76 valence electrons. The Hall–Kier alpha value is -0.0508. The summed E-state index contributed by atoms with van der Waals surface area (Å²) in [5.41, 5.74) is 0.359. The molecule has 0 amide bonds. The van der Waals surface area contributed by atoms with Crippen molar-refractivity contribution in [1.82, 2.24) is 0 Å². The van der Waals surface area contributed by atoms with Crippen LogP contribution in [0.2, 0.25) is 0 Å². The van der Waals surface area contributed by atoms with E-state index in [0.717, 1.165) is 10.8 Å². The zero-order valence-corrected chi connectivity index (χ0v) is 11.3. The molecule has 0 aliphatic carbocycles. The average Bonchev–Trinajstić information content (AvgIpc) is 2.17. The minimum atomic E-state index is -0.878. The Morgan fingerprint density at radius 1 is 1.07 bits per heavy atom. The van der Waals surface area contributed by atoms with Crippen LogP contribution in [0.3, 0.4) is 0 Å². The molecule has 0 heterocycles. The van der Waals surface area contributed by atoms with E-state index in [-0.39, 0.29) is 57.7 Å². The van der Waals surface area contributed by atoms with Crippen LogP contribution in [0.5, 0.6) is 0 Å². The summed E-state index contributed by atoms with van der Waals surface area (Å²) < 4.78 is 0. The fourth-order valence-corrected chi connectivity index (χ4v) is 1.41. The number of carbonyl (C=O) groups is 1. The van der Waals surface area contributed by atoms with Gasteiger partial charge >= 0.3 is 43.7 Å². The van der Waals surface area contributed by atoms with Crippen molar-refractivity contribution in [3.05, 3.63) is 48.0 Å². The molecule has 0 saturated carbocycles. The molecular formula is C11H10CaFeO2. The van der Waals surface area contributed by atoms with E-state index in [2.05, 4.69) is 0 Å². The number of fused-ring (bicyclic) bond motifs is 1. The summed E-state index contributed by atoms with van der Waals surface area (Å²) in [6.07, 6.45) is 0. The molecule has 0 aromatic heterocycles. The SMILES string of the molecule is O=C(O)c1cccc2ccccc12.[Ca+2].[Fe].[H-].[H-]. The van der Waals surface area contributed by atoms with Crippen LogP contribution in [0.25, 0.3) is 10.8 Å². The van der Waals surface area contributed by atoms with Crippen LogP contribution < -0.4 is 0 Å². The third-order valence-corrected chi connectivity index (χ3v) is 2.02. The smallest absolute Gasteiger partial charge is 1.00 e. The first-order valence-electron chi connectivity index (χ1n) is 4.00. The van der Waals surface area contributed by atoms with Crippen molar-refractivity contribution in [2.75, 3.05) is 0 Å². The maximum absolute atomic E-state index is 10.8. The minimum Gasteiger partial charge on any atom is -1.00 e. The van der Waals surface area contributed by atoms with E-state index in [0.29, 0.717) is 5.56 Å². The van der Waals surface area contributed by atoms with E-state index in [4.69, 9.17) is 5.11 Å². The average molecular weight is 270 g/mol. The molecule has 0 fully saturated rings. The van der Waals surface area contributed by atoms with Gasteiger partial charge in [0, 0.05) is 17.1 Å². The second-order valence-electron chi connectivity index (χ2n) is 2.83. The van der Waals surface area contributed by atoms with E-state index < -0.39 is 5.97 Å². The summed E-state index contributed by atoms with van der Waals surface area (Å²) in [7, 11) is 0. The van der Waals surface area contributed by atoms with Crippen molar-refractivity contribution in [2.24, 2.45) is 0 Å². The van der Waals surface area contributed by atoms with Gasteiger partial charge in [0.05, 0.1) is 5.56 Å². The van der Waals surface area contributed by atoms with Crippen molar-refractivity contribution < 1.29 is 29.8 Å². The van der Waals surface area contributed by atoms with Crippen molar-refractivity contribution in [1.29, 1.82) is 0 Å². The predicted molar refractivity (Wildman–Crippen MR) is 58.9 cm³/mol. The second-order valence-corrected chi connectivity index (χ2v) is 2.83. The molecule has 2 aromatic rings. The van der Waals surface area contributed by atoms with Crippen LogP contribution in [-0.4, -0.2) is 48.8 Å². The zero-order chi connectivity index (χ0) is 9.26. The molecule has 2 nitrogen and oxygen atoms in total. The summed E-state index contributed by atoms with van der Waals surface area (Å²) in [6.45, 7) is 0. The second kappa shape index (κ2) is 6.51. The van der Waals surface area contributed by atoms with E-state index in [9.17, 15) is 4.79 Å². The Bertz CT molecular complexity index is 474. The molecule has 4 heteroatoms.